The van der Waals surface area contributed by atoms with E-state index >= 15 is 0 Å². The summed E-state index contributed by atoms with van der Waals surface area (Å²) < 4.78 is 22.4. The Labute approximate surface area is 104 Å². The van der Waals surface area contributed by atoms with Gasteiger partial charge in [0.2, 0.25) is 0 Å². The monoisotopic (exact) mass is 271 g/mol. The fourth-order valence-corrected chi connectivity index (χ4v) is 3.60. The second-order valence-electron chi connectivity index (χ2n) is 5.27. The van der Waals surface area contributed by atoms with E-state index in [2.05, 4.69) is 5.32 Å². The first-order chi connectivity index (χ1) is 6.96. The van der Waals surface area contributed by atoms with Gasteiger partial charge in [-0.15, -0.1) is 11.6 Å². The van der Waals surface area contributed by atoms with Gasteiger partial charge in [0, 0.05) is 19.8 Å². The third-order valence-corrected chi connectivity index (χ3v) is 4.84. The molecule has 6 heteroatoms. The summed E-state index contributed by atoms with van der Waals surface area (Å²) in [6.07, 6.45) is 0. The van der Waals surface area contributed by atoms with Crippen molar-refractivity contribution in [2.24, 2.45) is 0 Å². The molecule has 0 aromatic carbocycles. The minimum Gasteiger partial charge on any atom is -0.311 e. The van der Waals surface area contributed by atoms with Gasteiger partial charge in [0.25, 0.3) is 0 Å². The normalized spacial score (nSPS) is 16.2. The highest BCUT2D eigenvalue weighted by Crippen LogP contribution is 2.55. The quantitative estimate of drug-likeness (QED) is 0.616. The Morgan fingerprint density at radius 2 is 1.50 bits per heavy atom. The van der Waals surface area contributed by atoms with Crippen molar-refractivity contribution in [2.75, 3.05) is 14.2 Å². The number of hydrogen-bond acceptors (Lipinski definition) is 4. The van der Waals surface area contributed by atoms with Crippen LogP contribution in [0.2, 0.25) is 0 Å². The average molecular weight is 272 g/mol. The largest absolute Gasteiger partial charge is 0.348 e. The Balaban J connectivity index is 5.19. The van der Waals surface area contributed by atoms with Crippen LogP contribution in [0.3, 0.4) is 0 Å². The highest BCUT2D eigenvalue weighted by molar-refractivity contribution is 7.54. The first-order valence-electron chi connectivity index (χ1n) is 5.14. The zero-order chi connectivity index (χ0) is 13.2. The number of halogens is 1. The molecule has 0 aromatic rings. The van der Waals surface area contributed by atoms with Gasteiger partial charge in [0.1, 0.15) is 5.78 Å². The van der Waals surface area contributed by atoms with Gasteiger partial charge < -0.3 is 9.05 Å². The molecule has 1 atom stereocenters. The summed E-state index contributed by atoms with van der Waals surface area (Å²) in [5.74, 6) is -0.573. The fraction of sp³-hybridized carbons (Fsp3) is 1.00. The third kappa shape index (κ3) is 4.72. The van der Waals surface area contributed by atoms with E-state index < -0.39 is 18.3 Å². The molecule has 0 aliphatic carbocycles. The summed E-state index contributed by atoms with van der Waals surface area (Å²) in [7, 11) is -0.522. The summed E-state index contributed by atoms with van der Waals surface area (Å²) in [6, 6.07) is 0. The van der Waals surface area contributed by atoms with E-state index in [9.17, 15) is 4.57 Å². The lowest BCUT2D eigenvalue weighted by molar-refractivity contribution is 0.237. The lowest BCUT2D eigenvalue weighted by atomic mass is 10.1. The SMILES string of the molecule is COP(=O)(OC)C(NC(C)(C)C)C(C)(C)Cl. The van der Waals surface area contributed by atoms with Crippen LogP contribution in [-0.2, 0) is 13.6 Å². The predicted molar refractivity (Wildman–Crippen MR) is 68.2 cm³/mol. The first-order valence-corrected chi connectivity index (χ1v) is 7.13. The van der Waals surface area contributed by atoms with Crippen LogP contribution >= 0.6 is 19.2 Å². The molecule has 0 amide bonds. The fourth-order valence-electron chi connectivity index (χ4n) is 1.32. The number of rotatable bonds is 5. The first kappa shape index (κ1) is 16.4. The van der Waals surface area contributed by atoms with Gasteiger partial charge in [-0.2, -0.15) is 0 Å². The Bertz CT molecular complexity index is 262. The van der Waals surface area contributed by atoms with Gasteiger partial charge in [-0.05, 0) is 34.6 Å². The third-order valence-electron chi connectivity index (χ3n) is 2.05. The molecule has 0 aromatic heterocycles. The smallest absolute Gasteiger partial charge is 0.311 e. The van der Waals surface area contributed by atoms with Crippen molar-refractivity contribution in [3.63, 3.8) is 0 Å². The summed E-state index contributed by atoms with van der Waals surface area (Å²) in [5.41, 5.74) is -0.233. The highest BCUT2D eigenvalue weighted by Gasteiger charge is 2.45. The molecule has 4 nitrogen and oxygen atoms in total. The van der Waals surface area contributed by atoms with Crippen LogP contribution in [-0.4, -0.2) is 30.4 Å². The molecule has 0 bridgehead atoms. The second kappa shape index (κ2) is 5.36. The molecule has 1 unspecified atom stereocenters. The minimum atomic E-state index is -3.25. The van der Waals surface area contributed by atoms with E-state index in [1.54, 1.807) is 13.8 Å². The molecule has 0 aliphatic rings. The second-order valence-corrected chi connectivity index (χ2v) is 8.57. The Hall–Kier alpha value is 0.400. The van der Waals surface area contributed by atoms with Gasteiger partial charge >= 0.3 is 7.60 Å². The van der Waals surface area contributed by atoms with Crippen molar-refractivity contribution < 1.29 is 13.6 Å². The lowest BCUT2D eigenvalue weighted by Crippen LogP contribution is -2.51. The van der Waals surface area contributed by atoms with Crippen molar-refractivity contribution in [1.29, 1.82) is 0 Å². The molecular weight excluding hydrogens is 249 g/mol. The van der Waals surface area contributed by atoms with Crippen molar-refractivity contribution in [2.45, 2.75) is 50.8 Å². The summed E-state index contributed by atoms with van der Waals surface area (Å²) in [6.45, 7) is 9.47. The average Bonchev–Trinajstić information content (AvgIpc) is 2.10. The van der Waals surface area contributed by atoms with Crippen molar-refractivity contribution in [3.8, 4) is 0 Å². The number of alkyl halides is 1. The van der Waals surface area contributed by atoms with E-state index in [1.165, 1.54) is 14.2 Å². The molecule has 1 N–H and O–H groups in total. The topological polar surface area (TPSA) is 47.6 Å². The van der Waals surface area contributed by atoms with E-state index in [0.717, 1.165) is 0 Å². The van der Waals surface area contributed by atoms with Gasteiger partial charge in [-0.25, -0.2) is 0 Å². The van der Waals surface area contributed by atoms with E-state index in [1.807, 2.05) is 20.8 Å². The van der Waals surface area contributed by atoms with Crippen LogP contribution in [0.5, 0.6) is 0 Å². The van der Waals surface area contributed by atoms with Crippen LogP contribution in [0, 0.1) is 0 Å². The lowest BCUT2D eigenvalue weighted by Gasteiger charge is -2.38. The van der Waals surface area contributed by atoms with Crippen molar-refractivity contribution in [3.05, 3.63) is 0 Å². The molecule has 0 rings (SSSR count). The molecule has 0 fully saturated rings. The molecule has 0 heterocycles. The van der Waals surface area contributed by atoms with Crippen LogP contribution in [0.1, 0.15) is 34.6 Å². The maximum absolute atomic E-state index is 12.4. The van der Waals surface area contributed by atoms with Gasteiger partial charge in [0.05, 0.1) is 4.87 Å². The maximum Gasteiger partial charge on any atom is 0.348 e. The zero-order valence-electron chi connectivity index (χ0n) is 11.1. The van der Waals surface area contributed by atoms with Crippen molar-refractivity contribution >= 4 is 19.2 Å². The Morgan fingerprint density at radius 3 is 1.69 bits per heavy atom. The summed E-state index contributed by atoms with van der Waals surface area (Å²) in [4.78, 5) is -0.741. The molecular formula is C10H23ClNO3P. The van der Waals surface area contributed by atoms with E-state index in [0.29, 0.717) is 0 Å². The zero-order valence-corrected chi connectivity index (χ0v) is 12.8. The summed E-state index contributed by atoms with van der Waals surface area (Å²) in [5, 5.41) is 3.19. The highest BCUT2D eigenvalue weighted by atomic mass is 35.5. The maximum atomic E-state index is 12.4. The molecule has 0 radical (unpaired) electrons. The van der Waals surface area contributed by atoms with Crippen LogP contribution in [0.25, 0.3) is 0 Å². The Morgan fingerprint density at radius 1 is 1.12 bits per heavy atom. The van der Waals surface area contributed by atoms with Crippen LogP contribution in [0.4, 0.5) is 0 Å². The molecule has 16 heavy (non-hydrogen) atoms. The van der Waals surface area contributed by atoms with E-state index in [4.69, 9.17) is 20.6 Å². The number of hydrogen-bond donors (Lipinski definition) is 1. The Kier molecular flexibility index (Phi) is 5.50. The summed E-state index contributed by atoms with van der Waals surface area (Å²) >= 11 is 6.25. The predicted octanol–water partition coefficient (Wildman–Crippen LogP) is 3.20. The molecule has 98 valence electrons. The molecule has 0 saturated heterocycles. The molecule has 0 aliphatic heterocycles. The molecule has 0 saturated carbocycles. The standard InChI is InChI=1S/C10H23ClNO3P/c1-9(2,3)12-8(10(4,5)11)16(13,14-6)15-7/h8,12H,1-7H3. The van der Waals surface area contributed by atoms with Gasteiger partial charge in [-0.3, -0.25) is 9.88 Å². The van der Waals surface area contributed by atoms with Crippen LogP contribution in [0.15, 0.2) is 0 Å². The molecule has 0 spiro atoms. The van der Waals surface area contributed by atoms with Gasteiger partial charge in [-0.1, -0.05) is 0 Å². The number of nitrogens with one attached hydrogen (secondary N) is 1. The van der Waals surface area contributed by atoms with Crippen LogP contribution < -0.4 is 5.32 Å². The van der Waals surface area contributed by atoms with Gasteiger partial charge in [0.15, 0.2) is 0 Å². The minimum absolute atomic E-state index is 0.233. The van der Waals surface area contributed by atoms with E-state index in [-0.39, 0.29) is 5.54 Å². The van der Waals surface area contributed by atoms with Crippen molar-refractivity contribution in [1.82, 2.24) is 5.32 Å².